The highest BCUT2D eigenvalue weighted by atomic mass is 16.4. The first kappa shape index (κ1) is 14.5. The van der Waals surface area contributed by atoms with Gasteiger partial charge in [0.05, 0.1) is 5.56 Å². The van der Waals surface area contributed by atoms with Crippen molar-refractivity contribution < 1.29 is 14.7 Å². The molecule has 0 saturated carbocycles. The number of carboxylic acids is 1. The number of carbonyl (C=O) groups is 2. The second-order valence-electron chi connectivity index (χ2n) is 4.50. The number of aliphatic carboxylic acids is 1. The van der Waals surface area contributed by atoms with Crippen LogP contribution in [0.25, 0.3) is 0 Å². The molecule has 0 aliphatic heterocycles. The summed E-state index contributed by atoms with van der Waals surface area (Å²) in [5.41, 5.74) is 0.686. The number of carboxylic acid groups (broad SMARTS) is 1. The molecule has 0 fully saturated rings. The predicted molar refractivity (Wildman–Crippen MR) is 76.1 cm³/mol. The van der Waals surface area contributed by atoms with Crippen LogP contribution in [0.2, 0.25) is 0 Å². The normalized spacial score (nSPS) is 11.6. The average Bonchev–Trinajstić information content (AvgIpc) is 2.48. The van der Waals surface area contributed by atoms with Gasteiger partial charge in [-0.15, -0.1) is 0 Å². The summed E-state index contributed by atoms with van der Waals surface area (Å²) in [6.07, 6.45) is 1.43. The molecule has 108 valence electrons. The van der Waals surface area contributed by atoms with Gasteiger partial charge < -0.3 is 15.4 Å². The van der Waals surface area contributed by atoms with E-state index in [1.165, 1.54) is 18.3 Å². The van der Waals surface area contributed by atoms with Gasteiger partial charge in [0.15, 0.2) is 0 Å². The van der Waals surface area contributed by atoms with E-state index in [1.807, 2.05) is 6.07 Å². The van der Waals surface area contributed by atoms with Gasteiger partial charge in [-0.3, -0.25) is 9.59 Å². The minimum absolute atomic E-state index is 0.186. The molecule has 0 aliphatic rings. The lowest BCUT2D eigenvalue weighted by Crippen LogP contribution is -2.42. The zero-order valence-corrected chi connectivity index (χ0v) is 11.1. The highest BCUT2D eigenvalue weighted by Gasteiger charge is 2.21. The third-order valence-electron chi connectivity index (χ3n) is 2.93. The maximum absolute atomic E-state index is 12.0. The van der Waals surface area contributed by atoms with Crippen molar-refractivity contribution in [1.82, 2.24) is 10.3 Å². The van der Waals surface area contributed by atoms with E-state index in [4.69, 9.17) is 0 Å². The molecule has 1 atom stereocenters. The highest BCUT2D eigenvalue weighted by molar-refractivity contribution is 5.96. The van der Waals surface area contributed by atoms with Crippen LogP contribution >= 0.6 is 0 Å². The molecule has 0 spiro atoms. The van der Waals surface area contributed by atoms with Crippen LogP contribution in [-0.2, 0) is 11.2 Å². The molecule has 1 aromatic carbocycles. The summed E-state index contributed by atoms with van der Waals surface area (Å²) < 4.78 is 0. The van der Waals surface area contributed by atoms with Crippen molar-refractivity contribution in [2.24, 2.45) is 0 Å². The fraction of sp³-hybridized carbons (Fsp3) is 0.133. The molecule has 0 saturated heterocycles. The Kier molecular flexibility index (Phi) is 4.50. The van der Waals surface area contributed by atoms with Gasteiger partial charge in [0.1, 0.15) is 6.04 Å². The van der Waals surface area contributed by atoms with Crippen LogP contribution < -0.4 is 10.9 Å². The Labute approximate surface area is 120 Å². The van der Waals surface area contributed by atoms with E-state index >= 15 is 0 Å². The largest absolute Gasteiger partial charge is 0.480 e. The van der Waals surface area contributed by atoms with Crippen molar-refractivity contribution in [3.8, 4) is 0 Å². The van der Waals surface area contributed by atoms with E-state index in [1.54, 1.807) is 24.3 Å². The van der Waals surface area contributed by atoms with Crippen molar-refractivity contribution in [2.75, 3.05) is 0 Å². The molecule has 0 bridgehead atoms. The minimum Gasteiger partial charge on any atom is -0.480 e. The number of hydrogen-bond donors (Lipinski definition) is 3. The second-order valence-corrected chi connectivity index (χ2v) is 4.50. The number of pyridine rings is 1. The Hall–Kier alpha value is -2.89. The van der Waals surface area contributed by atoms with Gasteiger partial charge in [-0.05, 0) is 11.6 Å². The van der Waals surface area contributed by atoms with E-state index in [0.717, 1.165) is 5.56 Å². The van der Waals surface area contributed by atoms with Crippen LogP contribution in [-0.4, -0.2) is 28.0 Å². The van der Waals surface area contributed by atoms with Gasteiger partial charge in [0.25, 0.3) is 5.91 Å². The molecule has 2 aromatic rings. The van der Waals surface area contributed by atoms with Crippen LogP contribution in [0.3, 0.4) is 0 Å². The maximum Gasteiger partial charge on any atom is 0.326 e. The fourth-order valence-electron chi connectivity index (χ4n) is 1.84. The molecule has 1 amide bonds. The van der Waals surface area contributed by atoms with E-state index in [-0.39, 0.29) is 17.5 Å². The molecule has 21 heavy (non-hydrogen) atoms. The van der Waals surface area contributed by atoms with Gasteiger partial charge in [-0.2, -0.15) is 0 Å². The summed E-state index contributed by atoms with van der Waals surface area (Å²) >= 11 is 0. The summed E-state index contributed by atoms with van der Waals surface area (Å²) in [6, 6.07) is 10.5. The van der Waals surface area contributed by atoms with Crippen molar-refractivity contribution in [3.05, 3.63) is 70.1 Å². The van der Waals surface area contributed by atoms with E-state index in [0.29, 0.717) is 0 Å². The van der Waals surface area contributed by atoms with Crippen LogP contribution in [0.5, 0.6) is 0 Å². The fourth-order valence-corrected chi connectivity index (χ4v) is 1.84. The van der Waals surface area contributed by atoms with Gasteiger partial charge in [0.2, 0.25) is 5.56 Å². The van der Waals surface area contributed by atoms with Gasteiger partial charge in [0, 0.05) is 18.7 Å². The van der Waals surface area contributed by atoms with Gasteiger partial charge >= 0.3 is 5.97 Å². The molecule has 1 aromatic heterocycles. The Balaban J connectivity index is 2.09. The smallest absolute Gasteiger partial charge is 0.326 e. The molecule has 0 aliphatic carbocycles. The number of carbonyl (C=O) groups excluding carboxylic acids is 1. The SMILES string of the molecule is O=C(N[C@@H](Cc1ccccc1)C(=O)O)c1ccc(=O)[nH]c1. The van der Waals surface area contributed by atoms with Crippen molar-refractivity contribution >= 4 is 11.9 Å². The van der Waals surface area contributed by atoms with Gasteiger partial charge in [-0.25, -0.2) is 4.79 Å². The third kappa shape index (κ3) is 4.04. The molecule has 0 unspecified atom stereocenters. The number of rotatable bonds is 5. The lowest BCUT2D eigenvalue weighted by atomic mass is 10.1. The minimum atomic E-state index is -1.11. The van der Waals surface area contributed by atoms with E-state index < -0.39 is 17.9 Å². The number of aromatic amines is 1. The van der Waals surface area contributed by atoms with Crippen molar-refractivity contribution in [1.29, 1.82) is 0 Å². The average molecular weight is 286 g/mol. The molecule has 6 heteroatoms. The summed E-state index contributed by atoms with van der Waals surface area (Å²) in [4.78, 5) is 36.5. The predicted octanol–water partition coefficient (Wildman–Crippen LogP) is 0.801. The molecular weight excluding hydrogens is 272 g/mol. The first-order chi connectivity index (χ1) is 10.1. The monoisotopic (exact) mass is 286 g/mol. The molecule has 1 heterocycles. The number of hydrogen-bond acceptors (Lipinski definition) is 3. The lowest BCUT2D eigenvalue weighted by molar-refractivity contribution is -0.139. The number of aromatic nitrogens is 1. The summed E-state index contributed by atoms with van der Waals surface area (Å²) in [5, 5.41) is 11.6. The first-order valence-corrected chi connectivity index (χ1v) is 6.32. The van der Waals surface area contributed by atoms with Gasteiger partial charge in [-0.1, -0.05) is 30.3 Å². The van der Waals surface area contributed by atoms with Crippen LogP contribution in [0.15, 0.2) is 53.5 Å². The first-order valence-electron chi connectivity index (χ1n) is 6.32. The molecule has 3 N–H and O–H groups in total. The van der Waals surface area contributed by atoms with Crippen LogP contribution in [0.1, 0.15) is 15.9 Å². The molecule has 0 radical (unpaired) electrons. The summed E-state index contributed by atoms with van der Waals surface area (Å²) in [5.74, 6) is -1.66. The molecule has 6 nitrogen and oxygen atoms in total. The standard InChI is InChI=1S/C15H14N2O4/c18-13-7-6-11(9-16-13)14(19)17-12(15(20)21)8-10-4-2-1-3-5-10/h1-7,9,12H,8H2,(H,16,18)(H,17,19)(H,20,21)/t12-/m0/s1. The Morgan fingerprint density at radius 3 is 2.43 bits per heavy atom. The maximum atomic E-state index is 12.0. The number of benzene rings is 1. The van der Waals surface area contributed by atoms with E-state index in [9.17, 15) is 19.5 Å². The Bertz CT molecular complexity index is 674. The third-order valence-corrected chi connectivity index (χ3v) is 2.93. The zero-order chi connectivity index (χ0) is 15.2. The quantitative estimate of drug-likeness (QED) is 0.757. The molecule has 2 rings (SSSR count). The summed E-state index contributed by atoms with van der Waals surface area (Å²) in [6.45, 7) is 0. The van der Waals surface area contributed by atoms with Crippen LogP contribution in [0, 0.1) is 0 Å². The number of nitrogens with one attached hydrogen (secondary N) is 2. The number of H-pyrrole nitrogens is 1. The molecular formula is C15H14N2O4. The zero-order valence-electron chi connectivity index (χ0n) is 11.1. The number of amides is 1. The summed E-state index contributed by atoms with van der Waals surface area (Å²) in [7, 11) is 0. The second kappa shape index (κ2) is 6.51. The van der Waals surface area contributed by atoms with Crippen LogP contribution in [0.4, 0.5) is 0 Å². The van der Waals surface area contributed by atoms with Crippen molar-refractivity contribution in [2.45, 2.75) is 12.5 Å². The highest BCUT2D eigenvalue weighted by Crippen LogP contribution is 2.04. The van der Waals surface area contributed by atoms with E-state index in [2.05, 4.69) is 10.3 Å². The van der Waals surface area contributed by atoms with Crippen molar-refractivity contribution in [3.63, 3.8) is 0 Å². The Morgan fingerprint density at radius 2 is 1.86 bits per heavy atom. The lowest BCUT2D eigenvalue weighted by Gasteiger charge is -2.14. The topological polar surface area (TPSA) is 99.3 Å². The Morgan fingerprint density at radius 1 is 1.14 bits per heavy atom.